The van der Waals surface area contributed by atoms with E-state index in [0.29, 0.717) is 17.1 Å². The third kappa shape index (κ3) is 3.80. The van der Waals surface area contributed by atoms with Gasteiger partial charge in [-0.05, 0) is 29.1 Å². The molecule has 1 amide bonds. The van der Waals surface area contributed by atoms with Crippen molar-refractivity contribution in [2.75, 3.05) is 14.2 Å². The van der Waals surface area contributed by atoms with Gasteiger partial charge in [0.15, 0.2) is 11.5 Å². The van der Waals surface area contributed by atoms with E-state index in [1.54, 1.807) is 50.6 Å². The molecule has 1 fully saturated rings. The first-order chi connectivity index (χ1) is 15.0. The lowest BCUT2D eigenvalue weighted by Crippen LogP contribution is -2.28. The van der Waals surface area contributed by atoms with Crippen molar-refractivity contribution in [3.8, 4) is 11.5 Å². The number of carbonyl (C=O) groups excluding carboxylic acids is 2. The molecule has 4 rings (SSSR count). The van der Waals surface area contributed by atoms with Crippen LogP contribution in [-0.2, 0) is 16.1 Å². The molecule has 31 heavy (non-hydrogen) atoms. The molecular formula is C24H21NO5S. The maximum atomic E-state index is 13.0. The van der Waals surface area contributed by atoms with Gasteiger partial charge in [-0.1, -0.05) is 42.5 Å². The lowest BCUT2D eigenvalue weighted by Gasteiger charge is -2.24. The third-order valence-corrected chi connectivity index (χ3v) is 6.13. The van der Waals surface area contributed by atoms with Crippen molar-refractivity contribution in [1.82, 2.24) is 4.90 Å². The van der Waals surface area contributed by atoms with Gasteiger partial charge in [0.05, 0.1) is 25.8 Å². The van der Waals surface area contributed by atoms with E-state index in [9.17, 15) is 14.7 Å². The van der Waals surface area contributed by atoms with Crippen LogP contribution in [0, 0.1) is 0 Å². The van der Waals surface area contributed by atoms with Crippen molar-refractivity contribution < 1.29 is 24.2 Å². The highest BCUT2D eigenvalue weighted by atomic mass is 32.1. The third-order valence-electron chi connectivity index (χ3n) is 5.20. The highest BCUT2D eigenvalue weighted by molar-refractivity contribution is 7.10. The van der Waals surface area contributed by atoms with E-state index < -0.39 is 17.7 Å². The Kier molecular flexibility index (Phi) is 5.77. The number of hydrogen-bond acceptors (Lipinski definition) is 6. The van der Waals surface area contributed by atoms with E-state index in [2.05, 4.69) is 0 Å². The van der Waals surface area contributed by atoms with E-state index in [0.717, 1.165) is 10.4 Å². The molecule has 0 radical (unpaired) electrons. The number of ether oxygens (including phenoxy) is 2. The summed E-state index contributed by atoms with van der Waals surface area (Å²) in [6.45, 7) is 0.180. The lowest BCUT2D eigenvalue weighted by atomic mass is 10.00. The zero-order valence-corrected chi connectivity index (χ0v) is 17.9. The molecule has 2 heterocycles. The molecule has 1 N–H and O–H groups in total. The summed E-state index contributed by atoms with van der Waals surface area (Å²) in [6.07, 6.45) is 0. The summed E-state index contributed by atoms with van der Waals surface area (Å²) >= 11 is 1.43. The Morgan fingerprint density at radius 2 is 1.74 bits per heavy atom. The molecule has 1 aliphatic heterocycles. The Hall–Kier alpha value is -3.58. The topological polar surface area (TPSA) is 76.1 Å². The minimum atomic E-state index is -0.694. The molecule has 1 aromatic heterocycles. The van der Waals surface area contributed by atoms with Crippen LogP contribution in [0.4, 0.5) is 0 Å². The van der Waals surface area contributed by atoms with Gasteiger partial charge in [-0.15, -0.1) is 11.3 Å². The predicted molar refractivity (Wildman–Crippen MR) is 118 cm³/mol. The summed E-state index contributed by atoms with van der Waals surface area (Å²) in [5, 5.41) is 12.8. The second-order valence-corrected chi connectivity index (χ2v) is 7.98. The van der Waals surface area contributed by atoms with Crippen molar-refractivity contribution in [2.24, 2.45) is 0 Å². The summed E-state index contributed by atoms with van der Waals surface area (Å²) in [4.78, 5) is 28.3. The van der Waals surface area contributed by atoms with Crippen LogP contribution in [0.15, 0.2) is 71.6 Å². The summed E-state index contributed by atoms with van der Waals surface area (Å²) < 4.78 is 10.6. The molecule has 158 valence electrons. The summed E-state index contributed by atoms with van der Waals surface area (Å²) in [5.41, 5.74) is 1.37. The van der Waals surface area contributed by atoms with Crippen molar-refractivity contribution in [3.63, 3.8) is 0 Å². The van der Waals surface area contributed by atoms with Gasteiger partial charge in [0.1, 0.15) is 5.76 Å². The number of carbonyl (C=O) groups is 2. The summed E-state index contributed by atoms with van der Waals surface area (Å²) in [7, 11) is 3.09. The number of amides is 1. The molecule has 1 atom stereocenters. The fourth-order valence-corrected chi connectivity index (χ4v) is 4.56. The van der Waals surface area contributed by atoms with Crippen molar-refractivity contribution >= 4 is 28.8 Å². The fourth-order valence-electron chi connectivity index (χ4n) is 3.71. The molecule has 1 unspecified atom stereocenters. The molecule has 0 saturated carbocycles. The largest absolute Gasteiger partial charge is 0.507 e. The van der Waals surface area contributed by atoms with Crippen LogP contribution in [0.3, 0.4) is 0 Å². The van der Waals surface area contributed by atoms with Crippen LogP contribution in [0.1, 0.15) is 22.0 Å². The number of methoxy groups -OCH3 is 2. The Bertz CT molecular complexity index is 1140. The Morgan fingerprint density at radius 3 is 2.39 bits per heavy atom. The lowest BCUT2D eigenvalue weighted by molar-refractivity contribution is -0.140. The SMILES string of the molecule is COc1ccc(CN2C(=O)C(=O)/C(=C(\O)c3ccccc3)C2c2cccs2)cc1OC. The quantitative estimate of drug-likeness (QED) is 0.353. The van der Waals surface area contributed by atoms with Crippen molar-refractivity contribution in [3.05, 3.63) is 87.6 Å². The average Bonchev–Trinajstić information content (AvgIpc) is 3.42. The summed E-state index contributed by atoms with van der Waals surface area (Å²) in [6, 6.07) is 17.2. The number of rotatable bonds is 6. The van der Waals surface area contributed by atoms with Crippen LogP contribution in [-0.4, -0.2) is 35.9 Å². The zero-order chi connectivity index (χ0) is 22.0. The Morgan fingerprint density at radius 1 is 1.00 bits per heavy atom. The first kappa shape index (κ1) is 20.7. The Balaban J connectivity index is 1.79. The molecule has 1 saturated heterocycles. The number of nitrogens with zero attached hydrogens (tertiary/aromatic N) is 1. The number of aliphatic hydroxyl groups is 1. The van der Waals surface area contributed by atoms with Crippen LogP contribution in [0.5, 0.6) is 11.5 Å². The highest BCUT2D eigenvalue weighted by Crippen LogP contribution is 2.42. The van der Waals surface area contributed by atoms with E-state index in [-0.39, 0.29) is 17.9 Å². The van der Waals surface area contributed by atoms with Gasteiger partial charge in [0.25, 0.3) is 11.7 Å². The molecule has 2 aromatic carbocycles. The smallest absolute Gasteiger partial charge is 0.295 e. The maximum Gasteiger partial charge on any atom is 0.295 e. The molecule has 7 heteroatoms. The van der Waals surface area contributed by atoms with Crippen LogP contribution >= 0.6 is 11.3 Å². The zero-order valence-electron chi connectivity index (χ0n) is 17.1. The van der Waals surface area contributed by atoms with Crippen LogP contribution < -0.4 is 9.47 Å². The molecular weight excluding hydrogens is 414 g/mol. The minimum Gasteiger partial charge on any atom is -0.507 e. The molecule has 6 nitrogen and oxygen atoms in total. The molecule has 3 aromatic rings. The number of benzene rings is 2. The van der Waals surface area contributed by atoms with E-state index >= 15 is 0 Å². The van der Waals surface area contributed by atoms with E-state index in [1.165, 1.54) is 16.2 Å². The van der Waals surface area contributed by atoms with Gasteiger partial charge in [-0.2, -0.15) is 0 Å². The van der Waals surface area contributed by atoms with E-state index in [1.807, 2.05) is 29.6 Å². The second-order valence-electron chi connectivity index (χ2n) is 7.00. The first-order valence-corrected chi connectivity index (χ1v) is 10.5. The maximum absolute atomic E-state index is 13.0. The van der Waals surface area contributed by atoms with Gasteiger partial charge < -0.3 is 19.5 Å². The average molecular weight is 436 g/mol. The first-order valence-electron chi connectivity index (χ1n) is 9.63. The predicted octanol–water partition coefficient (Wildman–Crippen LogP) is 4.39. The fraction of sp³-hybridized carbons (Fsp3) is 0.167. The molecule has 1 aliphatic rings. The number of Topliss-reactive ketones (excluding diaryl/α,β-unsaturated/α-hetero) is 1. The Labute approximate surface area is 184 Å². The van der Waals surface area contributed by atoms with E-state index in [4.69, 9.17) is 9.47 Å². The number of ketones is 1. The van der Waals surface area contributed by atoms with Gasteiger partial charge in [-0.25, -0.2) is 0 Å². The van der Waals surface area contributed by atoms with Gasteiger partial charge in [-0.3, -0.25) is 9.59 Å². The number of hydrogen-bond donors (Lipinski definition) is 1. The monoisotopic (exact) mass is 435 g/mol. The highest BCUT2D eigenvalue weighted by Gasteiger charge is 2.46. The molecule has 0 bridgehead atoms. The number of thiophene rings is 1. The molecule has 0 spiro atoms. The van der Waals surface area contributed by atoms with Crippen LogP contribution in [0.25, 0.3) is 5.76 Å². The van der Waals surface area contributed by atoms with Crippen molar-refractivity contribution in [2.45, 2.75) is 12.6 Å². The normalized spacial score (nSPS) is 17.7. The number of aliphatic hydroxyl groups excluding tert-OH is 1. The van der Waals surface area contributed by atoms with Crippen molar-refractivity contribution in [1.29, 1.82) is 0 Å². The van der Waals surface area contributed by atoms with Gasteiger partial charge in [0.2, 0.25) is 0 Å². The van der Waals surface area contributed by atoms with Gasteiger partial charge in [0, 0.05) is 17.0 Å². The molecule has 0 aliphatic carbocycles. The minimum absolute atomic E-state index is 0.0964. The summed E-state index contributed by atoms with van der Waals surface area (Å²) in [5.74, 6) is -0.404. The van der Waals surface area contributed by atoms with Crippen LogP contribution in [0.2, 0.25) is 0 Å². The number of likely N-dealkylation sites (tertiary alicyclic amines) is 1. The standard InChI is InChI=1S/C24H21NO5S/c1-29-17-11-10-15(13-18(17)30-2)14-25-21(19-9-6-12-31-19)20(23(27)24(25)28)22(26)16-7-4-3-5-8-16/h3-13,21,26H,14H2,1-2H3/b22-20-. The second kappa shape index (κ2) is 8.65. The van der Waals surface area contributed by atoms with Gasteiger partial charge >= 0.3 is 0 Å².